The van der Waals surface area contributed by atoms with Crippen LogP contribution in [0.5, 0.6) is 5.75 Å². The minimum Gasteiger partial charge on any atom is -0.508 e. The summed E-state index contributed by atoms with van der Waals surface area (Å²) in [4.78, 5) is 65.2. The first-order valence-corrected chi connectivity index (χ1v) is 13.7. The van der Waals surface area contributed by atoms with Gasteiger partial charge >= 0.3 is 18.0 Å². The Morgan fingerprint density at radius 1 is 1.23 bits per heavy atom. The van der Waals surface area contributed by atoms with Crippen LogP contribution in [0.25, 0.3) is 0 Å². The molecule has 2 aliphatic heterocycles. The van der Waals surface area contributed by atoms with Crippen molar-refractivity contribution in [3.8, 4) is 5.75 Å². The zero-order valence-corrected chi connectivity index (χ0v) is 23.1. The van der Waals surface area contributed by atoms with E-state index >= 15 is 0 Å². The number of carboxylic acid groups (broad SMARTS) is 1. The van der Waals surface area contributed by atoms with Gasteiger partial charge in [0, 0.05) is 25.1 Å². The summed E-state index contributed by atoms with van der Waals surface area (Å²) in [6, 6.07) is 1.47. The number of amides is 6. The maximum absolute atomic E-state index is 13.4. The van der Waals surface area contributed by atoms with Crippen molar-refractivity contribution in [1.29, 1.82) is 0 Å². The first kappa shape index (κ1) is 28.8. The molecule has 0 spiro atoms. The lowest BCUT2D eigenvalue weighted by atomic mass is 10.00. The summed E-state index contributed by atoms with van der Waals surface area (Å²) in [5.41, 5.74) is 0.682. The number of carbonyl (C=O) groups is 5. The van der Waals surface area contributed by atoms with Crippen LogP contribution in [0.2, 0.25) is 0 Å². The molecule has 212 valence electrons. The number of nitrogens with one attached hydrogen (secondary N) is 4. The summed E-state index contributed by atoms with van der Waals surface area (Å²) in [5.74, 6) is -2.41. The third-order valence-electron chi connectivity index (χ3n) is 6.27. The third kappa shape index (κ3) is 5.69. The fraction of sp³-hybridized carbons (Fsp3) is 0.348. The number of thioether (sulfide) groups is 2. The molecule has 1 aromatic carbocycles. The number of aliphatic carboxylic acids is 1. The van der Waals surface area contributed by atoms with E-state index < -0.39 is 47.3 Å². The number of H-pyrrole nitrogens is 1. The Balaban J connectivity index is 1.53. The Bertz CT molecular complexity index is 1350. The van der Waals surface area contributed by atoms with Gasteiger partial charge in [-0.3, -0.25) is 19.6 Å². The van der Waals surface area contributed by atoms with Gasteiger partial charge in [-0.25, -0.2) is 19.3 Å². The van der Waals surface area contributed by atoms with E-state index in [0.29, 0.717) is 16.4 Å². The second-order valence-electron chi connectivity index (χ2n) is 8.74. The minimum absolute atomic E-state index is 0.0693. The molecule has 0 radical (unpaired) electrons. The van der Waals surface area contributed by atoms with Crippen molar-refractivity contribution in [2.45, 2.75) is 34.7 Å². The molecular formula is C23H26N8O7S2. The first-order chi connectivity index (χ1) is 19.0. The number of β-lactam (4-membered cyclic amide) rings is 1. The van der Waals surface area contributed by atoms with Crippen LogP contribution < -0.4 is 16.0 Å². The van der Waals surface area contributed by atoms with Crippen LogP contribution in [0, 0.1) is 0 Å². The van der Waals surface area contributed by atoms with E-state index in [1.165, 1.54) is 68.1 Å². The molecule has 0 saturated carbocycles. The van der Waals surface area contributed by atoms with Gasteiger partial charge in [-0.2, -0.15) is 0 Å². The highest BCUT2D eigenvalue weighted by atomic mass is 32.2. The first-order valence-electron chi connectivity index (χ1n) is 11.8. The predicted molar refractivity (Wildman–Crippen MR) is 143 cm³/mol. The fourth-order valence-electron chi connectivity index (χ4n) is 4.14. The van der Waals surface area contributed by atoms with E-state index in [1.54, 1.807) is 0 Å². The Hall–Kier alpha value is -4.25. The molecule has 6 N–H and O–H groups in total. The molecule has 15 nitrogen and oxygen atoms in total. The van der Waals surface area contributed by atoms with Crippen molar-refractivity contribution in [3.63, 3.8) is 0 Å². The summed E-state index contributed by atoms with van der Waals surface area (Å²) in [6.07, 6.45) is 1.51. The zero-order chi connectivity index (χ0) is 29.1. The lowest BCUT2D eigenvalue weighted by molar-refractivity contribution is -0.151. The fourth-order valence-corrected chi connectivity index (χ4v) is 6.64. The molecule has 40 heavy (non-hydrogen) atoms. The van der Waals surface area contributed by atoms with Gasteiger partial charge in [0.2, 0.25) is 5.91 Å². The maximum atomic E-state index is 13.4. The van der Waals surface area contributed by atoms with E-state index in [1.807, 2.05) is 6.92 Å². The summed E-state index contributed by atoms with van der Waals surface area (Å²) in [7, 11) is 2.55. The van der Waals surface area contributed by atoms with Crippen LogP contribution in [0.1, 0.15) is 18.5 Å². The number of urea groups is 2. The van der Waals surface area contributed by atoms with Crippen molar-refractivity contribution in [1.82, 2.24) is 41.2 Å². The molecule has 4 atom stereocenters. The average molecular weight is 591 g/mol. The minimum atomic E-state index is -1.33. The predicted octanol–water partition coefficient (Wildman–Crippen LogP) is 0.452. The molecule has 17 heteroatoms. The molecule has 3 unspecified atom stereocenters. The highest BCUT2D eigenvalue weighted by molar-refractivity contribution is 8.01. The third-order valence-corrected chi connectivity index (χ3v) is 8.66. The van der Waals surface area contributed by atoms with Crippen molar-refractivity contribution < 1.29 is 34.2 Å². The number of benzene rings is 1. The van der Waals surface area contributed by atoms with Gasteiger partial charge in [0.05, 0.1) is 6.20 Å². The van der Waals surface area contributed by atoms with Crippen LogP contribution in [-0.2, 0) is 14.4 Å². The largest absolute Gasteiger partial charge is 0.508 e. The van der Waals surface area contributed by atoms with Crippen molar-refractivity contribution in [3.05, 3.63) is 47.3 Å². The molecule has 1 aromatic heterocycles. The molecule has 1 saturated heterocycles. The molecule has 2 aromatic rings. The highest BCUT2D eigenvalue weighted by Crippen LogP contribution is 2.43. The number of nitrogens with zero attached hydrogens (tertiary/aromatic N) is 4. The normalized spacial score (nSPS) is 19.6. The second-order valence-corrected chi connectivity index (χ2v) is 11.2. The Kier molecular flexibility index (Phi) is 8.53. The number of fused-ring (bicyclic) bond motifs is 1. The van der Waals surface area contributed by atoms with Crippen molar-refractivity contribution in [2.75, 3.05) is 19.8 Å². The van der Waals surface area contributed by atoms with E-state index in [4.69, 9.17) is 0 Å². The number of aromatic nitrogens is 3. The number of hydrogen-bond acceptors (Lipinski definition) is 10. The van der Waals surface area contributed by atoms with Crippen LogP contribution >= 0.6 is 23.5 Å². The summed E-state index contributed by atoms with van der Waals surface area (Å²) >= 11 is 2.62. The molecule has 1 fully saturated rings. The van der Waals surface area contributed by atoms with Crippen LogP contribution in [-0.4, -0.2) is 102 Å². The molecule has 4 rings (SSSR count). The van der Waals surface area contributed by atoms with Gasteiger partial charge in [0.15, 0.2) is 0 Å². The van der Waals surface area contributed by atoms with Crippen molar-refractivity contribution in [2.24, 2.45) is 0 Å². The van der Waals surface area contributed by atoms with Gasteiger partial charge < -0.3 is 26.2 Å². The Morgan fingerprint density at radius 3 is 2.52 bits per heavy atom. The van der Waals surface area contributed by atoms with Crippen LogP contribution in [0.15, 0.2) is 46.8 Å². The van der Waals surface area contributed by atoms with E-state index in [9.17, 15) is 34.2 Å². The summed E-state index contributed by atoms with van der Waals surface area (Å²) in [5, 5.41) is 36.7. The second kappa shape index (κ2) is 11.9. The van der Waals surface area contributed by atoms with Gasteiger partial charge in [-0.05, 0) is 30.2 Å². The van der Waals surface area contributed by atoms with E-state index in [-0.39, 0.29) is 22.3 Å². The van der Waals surface area contributed by atoms with E-state index in [2.05, 4.69) is 31.4 Å². The quantitative estimate of drug-likeness (QED) is 0.184. The molecule has 2 aliphatic rings. The molecule has 0 aliphatic carbocycles. The number of aromatic amines is 1. The molecular weight excluding hydrogens is 564 g/mol. The smallest absolute Gasteiger partial charge is 0.352 e. The molecule has 6 amide bonds. The number of carbonyl (C=O) groups excluding carboxylic acids is 4. The monoisotopic (exact) mass is 590 g/mol. The topological polar surface area (TPSA) is 210 Å². The van der Waals surface area contributed by atoms with Crippen LogP contribution in [0.3, 0.4) is 0 Å². The number of rotatable bonds is 8. The lowest BCUT2D eigenvalue weighted by Gasteiger charge is -2.50. The lowest BCUT2D eigenvalue weighted by Crippen LogP contribution is -2.71. The Labute approximate surface area is 236 Å². The number of aromatic hydroxyl groups is 1. The molecule has 3 heterocycles. The number of phenols is 1. The number of imide groups is 1. The molecule has 0 bridgehead atoms. The summed E-state index contributed by atoms with van der Waals surface area (Å²) in [6.45, 7) is 1.81. The van der Waals surface area contributed by atoms with Crippen LogP contribution in [0.4, 0.5) is 9.59 Å². The van der Waals surface area contributed by atoms with Gasteiger partial charge in [0.25, 0.3) is 5.91 Å². The van der Waals surface area contributed by atoms with E-state index in [0.717, 1.165) is 9.80 Å². The standard InChI is InChI=1S/C23H26N8O7S2/c1-10(40-14-8-25-29-28-14)13-9-39-20-16(19(34)31(20)17(13)21(35)36)26-18(33)15(11-4-6-12(32)7-5-11)27-23(38)30(3)22(37)24-2/h4-8,10,15-16,20,32H,9H2,1-3H3,(H,24,37)(H,26,33)(H,27,38)(H,35,36)(H,25,28,29)/t10?,15?,16?,20-/m0/s1. The SMILES string of the molecule is CNC(=O)N(C)C(=O)NC(C(=O)NC1C(=O)N2C(C(=O)O)=C(C(C)Sc3cnn[nH]3)CS[C@@H]12)c1ccc(O)cc1. The van der Waals surface area contributed by atoms with Gasteiger partial charge in [0.1, 0.15) is 33.9 Å². The number of carboxylic acids is 1. The number of hydrogen-bond donors (Lipinski definition) is 6. The highest BCUT2D eigenvalue weighted by Gasteiger charge is 2.55. The average Bonchev–Trinajstić information content (AvgIpc) is 3.45. The Morgan fingerprint density at radius 2 is 1.93 bits per heavy atom. The maximum Gasteiger partial charge on any atom is 0.352 e. The number of phenolic OH excluding ortho intramolecular Hbond substituents is 1. The van der Waals surface area contributed by atoms with Gasteiger partial charge in [-0.1, -0.05) is 29.1 Å². The zero-order valence-electron chi connectivity index (χ0n) is 21.4. The van der Waals surface area contributed by atoms with Gasteiger partial charge in [-0.15, -0.1) is 16.9 Å². The summed E-state index contributed by atoms with van der Waals surface area (Å²) < 4.78 is 0. The van der Waals surface area contributed by atoms with Crippen molar-refractivity contribution >= 4 is 53.4 Å².